The number of rotatable bonds is 7. The lowest BCUT2D eigenvalue weighted by Crippen LogP contribution is -2.12. The normalized spacial score (nSPS) is 11.7. The van der Waals surface area contributed by atoms with Gasteiger partial charge in [-0.2, -0.15) is 8.42 Å². The first-order valence-electron chi connectivity index (χ1n) is 7.92. The minimum atomic E-state index is -4.27. The standard InChI is InChI=1S/C18H20I2O5S/c1-11(2)14-10-17(12(3)8-18(14)26(21,22)23)25-7-6-24-16-5-4-13(19)9-15(16)20/h4-5,8-11H,6-7H2,1-3H3,(H,21,22,23). The highest BCUT2D eigenvalue weighted by atomic mass is 127. The molecular weight excluding hydrogens is 582 g/mol. The zero-order chi connectivity index (χ0) is 19.5. The topological polar surface area (TPSA) is 72.8 Å². The third-order valence-electron chi connectivity index (χ3n) is 3.70. The highest BCUT2D eigenvalue weighted by Crippen LogP contribution is 2.31. The molecule has 0 amide bonds. The van der Waals surface area contributed by atoms with E-state index in [1.807, 2.05) is 32.0 Å². The highest BCUT2D eigenvalue weighted by Gasteiger charge is 2.20. The maximum Gasteiger partial charge on any atom is 0.294 e. The molecule has 26 heavy (non-hydrogen) atoms. The van der Waals surface area contributed by atoms with Crippen LogP contribution in [0.1, 0.15) is 30.9 Å². The molecule has 142 valence electrons. The lowest BCUT2D eigenvalue weighted by molar-refractivity contribution is 0.215. The zero-order valence-corrected chi connectivity index (χ0v) is 19.8. The Labute approximate surface area is 181 Å². The summed E-state index contributed by atoms with van der Waals surface area (Å²) >= 11 is 4.48. The molecule has 0 fully saturated rings. The van der Waals surface area contributed by atoms with E-state index in [2.05, 4.69) is 45.2 Å². The van der Waals surface area contributed by atoms with E-state index in [1.54, 1.807) is 13.0 Å². The molecule has 0 bridgehead atoms. The second kappa shape index (κ2) is 9.07. The van der Waals surface area contributed by atoms with Crippen LogP contribution in [0.3, 0.4) is 0 Å². The van der Waals surface area contributed by atoms with E-state index in [-0.39, 0.29) is 10.8 Å². The van der Waals surface area contributed by atoms with Gasteiger partial charge in [0, 0.05) is 3.57 Å². The van der Waals surface area contributed by atoms with E-state index >= 15 is 0 Å². The Kier molecular flexibility index (Phi) is 7.57. The second-order valence-corrected chi connectivity index (χ2v) is 9.85. The van der Waals surface area contributed by atoms with E-state index in [1.165, 1.54) is 6.07 Å². The molecule has 2 aromatic rings. The van der Waals surface area contributed by atoms with E-state index in [0.717, 1.165) is 12.9 Å². The molecule has 2 rings (SSSR count). The molecule has 5 nitrogen and oxygen atoms in total. The molecule has 0 atom stereocenters. The van der Waals surface area contributed by atoms with Crippen LogP contribution in [0.2, 0.25) is 0 Å². The molecule has 0 saturated carbocycles. The number of hydrogen-bond acceptors (Lipinski definition) is 4. The molecule has 0 aromatic heterocycles. The zero-order valence-electron chi connectivity index (χ0n) is 14.6. The molecule has 0 unspecified atom stereocenters. The summed E-state index contributed by atoms with van der Waals surface area (Å²) in [5.41, 5.74) is 1.17. The van der Waals surface area contributed by atoms with Crippen molar-refractivity contribution >= 4 is 55.3 Å². The van der Waals surface area contributed by atoms with Crippen molar-refractivity contribution in [3.8, 4) is 11.5 Å². The number of ether oxygens (including phenoxy) is 2. The Hall–Kier alpha value is -0.590. The Morgan fingerprint density at radius 1 is 1.04 bits per heavy atom. The Bertz CT molecular complexity index is 895. The average Bonchev–Trinajstić information content (AvgIpc) is 2.53. The van der Waals surface area contributed by atoms with Crippen LogP contribution in [0.25, 0.3) is 0 Å². The molecule has 0 aliphatic carbocycles. The third kappa shape index (κ3) is 5.70. The fourth-order valence-corrected chi connectivity index (χ4v) is 5.08. The van der Waals surface area contributed by atoms with Crippen LogP contribution >= 0.6 is 45.2 Å². The number of aryl methyl sites for hydroxylation is 1. The van der Waals surface area contributed by atoms with Crippen LogP contribution in [0.4, 0.5) is 0 Å². The molecule has 0 radical (unpaired) electrons. The van der Waals surface area contributed by atoms with Crippen molar-refractivity contribution in [1.82, 2.24) is 0 Å². The average molecular weight is 602 g/mol. The molecular formula is C18H20I2O5S. The van der Waals surface area contributed by atoms with Crippen molar-refractivity contribution in [2.24, 2.45) is 0 Å². The van der Waals surface area contributed by atoms with Gasteiger partial charge in [-0.15, -0.1) is 0 Å². The van der Waals surface area contributed by atoms with E-state index in [4.69, 9.17) is 9.47 Å². The summed E-state index contributed by atoms with van der Waals surface area (Å²) in [4.78, 5) is -0.0676. The first-order valence-corrected chi connectivity index (χ1v) is 11.5. The van der Waals surface area contributed by atoms with Gasteiger partial charge in [-0.25, -0.2) is 0 Å². The Morgan fingerprint density at radius 3 is 2.19 bits per heavy atom. The lowest BCUT2D eigenvalue weighted by atomic mass is 10.0. The number of hydrogen-bond donors (Lipinski definition) is 1. The summed E-state index contributed by atoms with van der Waals surface area (Å²) in [5, 5.41) is 0. The van der Waals surface area contributed by atoms with Crippen molar-refractivity contribution in [1.29, 1.82) is 0 Å². The van der Waals surface area contributed by atoms with E-state index in [9.17, 15) is 13.0 Å². The van der Waals surface area contributed by atoms with Crippen LogP contribution < -0.4 is 9.47 Å². The summed E-state index contributed by atoms with van der Waals surface area (Å²) in [5.74, 6) is 1.32. The van der Waals surface area contributed by atoms with Crippen molar-refractivity contribution in [2.45, 2.75) is 31.6 Å². The fourth-order valence-electron chi connectivity index (χ4n) is 2.40. The van der Waals surface area contributed by atoms with Crippen LogP contribution in [-0.2, 0) is 10.1 Å². The predicted molar refractivity (Wildman–Crippen MR) is 118 cm³/mol. The molecule has 0 spiro atoms. The van der Waals surface area contributed by atoms with Crippen LogP contribution in [0.15, 0.2) is 35.2 Å². The first kappa shape index (κ1) is 21.7. The summed E-state index contributed by atoms with van der Waals surface area (Å²) in [6.45, 7) is 6.17. The van der Waals surface area contributed by atoms with E-state index in [0.29, 0.717) is 30.1 Å². The maximum absolute atomic E-state index is 11.6. The van der Waals surface area contributed by atoms with Gasteiger partial charge in [0.25, 0.3) is 10.1 Å². The molecule has 0 heterocycles. The lowest BCUT2D eigenvalue weighted by Gasteiger charge is -2.16. The smallest absolute Gasteiger partial charge is 0.294 e. The Morgan fingerprint density at radius 2 is 1.65 bits per heavy atom. The fraction of sp³-hybridized carbons (Fsp3) is 0.333. The summed E-state index contributed by atoms with van der Waals surface area (Å²) in [6.07, 6.45) is 0. The minimum absolute atomic E-state index is 0.0676. The molecule has 8 heteroatoms. The van der Waals surface area contributed by atoms with Gasteiger partial charge in [0.2, 0.25) is 0 Å². The van der Waals surface area contributed by atoms with Gasteiger partial charge in [0.05, 0.1) is 8.47 Å². The summed E-state index contributed by atoms with van der Waals surface area (Å²) < 4.78 is 46.3. The largest absolute Gasteiger partial charge is 0.490 e. The number of benzene rings is 2. The monoisotopic (exact) mass is 602 g/mol. The van der Waals surface area contributed by atoms with Crippen LogP contribution in [0.5, 0.6) is 11.5 Å². The predicted octanol–water partition coefficient (Wildman–Crippen LogP) is 5.03. The quantitative estimate of drug-likeness (QED) is 0.274. The SMILES string of the molecule is Cc1cc(S(=O)(=O)O)c(C(C)C)cc1OCCOc1ccc(I)cc1I. The summed E-state index contributed by atoms with van der Waals surface area (Å²) in [7, 11) is -4.27. The third-order valence-corrected chi connectivity index (χ3v) is 6.12. The highest BCUT2D eigenvalue weighted by molar-refractivity contribution is 14.1. The van der Waals surface area contributed by atoms with Gasteiger partial charge in [0.1, 0.15) is 24.7 Å². The number of halogens is 2. The van der Waals surface area contributed by atoms with Crippen LogP contribution in [-0.4, -0.2) is 26.2 Å². The molecule has 0 aliphatic heterocycles. The maximum atomic E-state index is 11.6. The van der Waals surface area contributed by atoms with Gasteiger partial charge >= 0.3 is 0 Å². The second-order valence-electron chi connectivity index (χ2n) is 6.06. The Balaban J connectivity index is 2.09. The first-order chi connectivity index (χ1) is 12.1. The van der Waals surface area contributed by atoms with E-state index < -0.39 is 10.1 Å². The van der Waals surface area contributed by atoms with Gasteiger partial charge in [0.15, 0.2) is 0 Å². The molecule has 0 saturated heterocycles. The molecule has 2 aromatic carbocycles. The van der Waals surface area contributed by atoms with Crippen LogP contribution in [0, 0.1) is 14.1 Å². The molecule has 0 aliphatic rings. The van der Waals surface area contributed by atoms with Gasteiger partial charge in [-0.1, -0.05) is 13.8 Å². The molecule has 1 N–H and O–H groups in total. The minimum Gasteiger partial charge on any atom is -0.490 e. The summed E-state index contributed by atoms with van der Waals surface area (Å²) in [6, 6.07) is 9.06. The van der Waals surface area contributed by atoms with Gasteiger partial charge in [-0.3, -0.25) is 4.55 Å². The van der Waals surface area contributed by atoms with Gasteiger partial charge in [-0.05, 0) is 99.5 Å². The van der Waals surface area contributed by atoms with Gasteiger partial charge < -0.3 is 9.47 Å². The van der Waals surface area contributed by atoms with Crippen molar-refractivity contribution in [3.63, 3.8) is 0 Å². The van der Waals surface area contributed by atoms with Crippen molar-refractivity contribution in [3.05, 3.63) is 48.6 Å². The van der Waals surface area contributed by atoms with Crippen molar-refractivity contribution < 1.29 is 22.4 Å². The van der Waals surface area contributed by atoms with Crippen molar-refractivity contribution in [2.75, 3.05) is 13.2 Å².